The Morgan fingerprint density at radius 1 is 1.10 bits per heavy atom. The molecule has 2 N–H and O–H groups in total. The number of thioether (sulfide) groups is 1. The summed E-state index contributed by atoms with van der Waals surface area (Å²) in [5.41, 5.74) is 7.11. The van der Waals surface area contributed by atoms with Gasteiger partial charge in [0.25, 0.3) is 17.4 Å². The Hall–Kier alpha value is -3.13. The highest BCUT2D eigenvalue weighted by atomic mass is 32.2. The van der Waals surface area contributed by atoms with Gasteiger partial charge in [-0.3, -0.25) is 29.8 Å². The molecule has 4 rings (SSSR count). The van der Waals surface area contributed by atoms with E-state index in [4.69, 9.17) is 0 Å². The van der Waals surface area contributed by atoms with E-state index in [9.17, 15) is 14.4 Å². The zero-order chi connectivity index (χ0) is 20.4. The van der Waals surface area contributed by atoms with Crippen molar-refractivity contribution in [1.82, 2.24) is 20.4 Å². The van der Waals surface area contributed by atoms with E-state index in [0.717, 1.165) is 30.0 Å². The summed E-state index contributed by atoms with van der Waals surface area (Å²) in [6, 6.07) is 12.0. The standard InChI is InChI=1S/C21H20N4O3S/c1-29-12-13-4-2-5-14(10-13)19(26)23-24-20(27)15-7-8-16-17(11-15)22-18-6-3-9-25(18)21(16)28/h2,4-5,7-8,10-11H,3,6,9,12H2,1H3,(H,23,26)(H,24,27). The van der Waals surface area contributed by atoms with Gasteiger partial charge < -0.3 is 0 Å². The van der Waals surface area contributed by atoms with E-state index in [1.807, 2.05) is 18.4 Å². The molecule has 1 aliphatic heterocycles. The molecule has 0 bridgehead atoms. The fourth-order valence-corrected chi connectivity index (χ4v) is 3.96. The molecule has 3 aromatic rings. The Morgan fingerprint density at radius 2 is 1.86 bits per heavy atom. The third kappa shape index (κ3) is 3.88. The van der Waals surface area contributed by atoms with Gasteiger partial charge in [0.15, 0.2) is 0 Å². The second kappa shape index (κ2) is 8.08. The first kappa shape index (κ1) is 19.2. The van der Waals surface area contributed by atoms with Crippen molar-refractivity contribution in [3.05, 3.63) is 75.3 Å². The number of hydrogen-bond acceptors (Lipinski definition) is 5. The van der Waals surface area contributed by atoms with Crippen molar-refractivity contribution in [2.24, 2.45) is 0 Å². The van der Waals surface area contributed by atoms with E-state index in [1.165, 1.54) is 0 Å². The minimum absolute atomic E-state index is 0.0760. The van der Waals surface area contributed by atoms with Crippen LogP contribution in [0.15, 0.2) is 47.3 Å². The van der Waals surface area contributed by atoms with Crippen LogP contribution in [-0.2, 0) is 18.7 Å². The Labute approximate surface area is 171 Å². The van der Waals surface area contributed by atoms with E-state index in [2.05, 4.69) is 15.8 Å². The molecule has 8 heteroatoms. The highest BCUT2D eigenvalue weighted by Crippen LogP contribution is 2.16. The zero-order valence-electron chi connectivity index (χ0n) is 15.9. The van der Waals surface area contributed by atoms with Gasteiger partial charge in [-0.1, -0.05) is 12.1 Å². The molecule has 0 saturated carbocycles. The van der Waals surface area contributed by atoms with Gasteiger partial charge in [0.1, 0.15) is 5.82 Å². The molecule has 1 aromatic heterocycles. The summed E-state index contributed by atoms with van der Waals surface area (Å²) in [6.45, 7) is 0.684. The molecular weight excluding hydrogens is 388 g/mol. The van der Waals surface area contributed by atoms with Crippen molar-refractivity contribution >= 4 is 34.5 Å². The summed E-state index contributed by atoms with van der Waals surface area (Å²) in [7, 11) is 0. The largest absolute Gasteiger partial charge is 0.296 e. The maximum absolute atomic E-state index is 12.5. The first-order valence-corrected chi connectivity index (χ1v) is 10.7. The fraction of sp³-hybridized carbons (Fsp3) is 0.238. The number of hydrogen-bond donors (Lipinski definition) is 2. The molecular formula is C21H20N4O3S. The van der Waals surface area contributed by atoms with Crippen LogP contribution in [0.5, 0.6) is 0 Å². The number of carbonyl (C=O) groups is 2. The van der Waals surface area contributed by atoms with Gasteiger partial charge in [0.05, 0.1) is 10.9 Å². The average Bonchev–Trinajstić information content (AvgIpc) is 3.21. The number of nitrogens with one attached hydrogen (secondary N) is 2. The molecule has 1 aliphatic rings. The van der Waals surface area contributed by atoms with Crippen LogP contribution in [0.25, 0.3) is 10.9 Å². The van der Waals surface area contributed by atoms with Crippen molar-refractivity contribution < 1.29 is 9.59 Å². The summed E-state index contributed by atoms with van der Waals surface area (Å²) in [5.74, 6) is 0.694. The number of nitrogens with zero attached hydrogens (tertiary/aromatic N) is 2. The molecule has 2 heterocycles. The van der Waals surface area contributed by atoms with Crippen LogP contribution in [0.3, 0.4) is 0 Å². The first-order chi connectivity index (χ1) is 14.1. The van der Waals surface area contributed by atoms with Crippen LogP contribution in [0.2, 0.25) is 0 Å². The number of benzene rings is 2. The molecule has 0 spiro atoms. The lowest BCUT2D eigenvalue weighted by atomic mass is 10.1. The average molecular weight is 408 g/mol. The van der Waals surface area contributed by atoms with Gasteiger partial charge in [-0.25, -0.2) is 4.98 Å². The lowest BCUT2D eigenvalue weighted by molar-refractivity contribution is 0.0846. The smallest absolute Gasteiger partial charge is 0.269 e. The number of hydrazine groups is 1. The molecule has 29 heavy (non-hydrogen) atoms. The Morgan fingerprint density at radius 3 is 2.62 bits per heavy atom. The number of fused-ring (bicyclic) bond motifs is 2. The van der Waals surface area contributed by atoms with Crippen LogP contribution in [0.4, 0.5) is 0 Å². The van der Waals surface area contributed by atoms with Crippen molar-refractivity contribution in [3.8, 4) is 0 Å². The quantitative estimate of drug-likeness (QED) is 0.646. The fourth-order valence-electron chi connectivity index (χ4n) is 3.45. The predicted octanol–water partition coefficient (Wildman–Crippen LogP) is 2.28. The zero-order valence-corrected chi connectivity index (χ0v) is 16.7. The maximum Gasteiger partial charge on any atom is 0.269 e. The van der Waals surface area contributed by atoms with E-state index in [0.29, 0.717) is 28.6 Å². The van der Waals surface area contributed by atoms with Gasteiger partial charge in [-0.05, 0) is 48.6 Å². The van der Waals surface area contributed by atoms with Crippen LogP contribution in [-0.4, -0.2) is 27.6 Å². The molecule has 7 nitrogen and oxygen atoms in total. The summed E-state index contributed by atoms with van der Waals surface area (Å²) in [6.07, 6.45) is 3.65. The topological polar surface area (TPSA) is 93.1 Å². The van der Waals surface area contributed by atoms with Crippen molar-refractivity contribution in [3.63, 3.8) is 0 Å². The van der Waals surface area contributed by atoms with Gasteiger partial charge in [-0.15, -0.1) is 0 Å². The van der Waals surface area contributed by atoms with Crippen LogP contribution in [0.1, 0.15) is 38.5 Å². The number of amides is 2. The SMILES string of the molecule is CSCc1cccc(C(=O)NNC(=O)c2ccc3c(=O)n4c(nc3c2)CCC4)c1. The van der Waals surface area contributed by atoms with Gasteiger partial charge >= 0.3 is 0 Å². The Balaban J connectivity index is 1.49. The van der Waals surface area contributed by atoms with Crippen molar-refractivity contribution in [2.75, 3.05) is 6.26 Å². The molecule has 2 aromatic carbocycles. The summed E-state index contributed by atoms with van der Waals surface area (Å²) in [4.78, 5) is 41.8. The Kier molecular flexibility index (Phi) is 5.35. The molecule has 0 aliphatic carbocycles. The number of carbonyl (C=O) groups excluding carboxylic acids is 2. The highest BCUT2D eigenvalue weighted by Gasteiger charge is 2.17. The van der Waals surface area contributed by atoms with Crippen molar-refractivity contribution in [1.29, 1.82) is 0 Å². The second-order valence-corrected chi connectivity index (χ2v) is 7.73. The molecule has 0 radical (unpaired) electrons. The normalized spacial score (nSPS) is 12.6. The minimum Gasteiger partial charge on any atom is -0.296 e. The Bertz CT molecular complexity index is 1170. The van der Waals surface area contributed by atoms with Gasteiger partial charge in [0, 0.05) is 29.8 Å². The lowest BCUT2D eigenvalue weighted by Gasteiger charge is -2.09. The van der Waals surface area contributed by atoms with E-state index >= 15 is 0 Å². The van der Waals surface area contributed by atoms with Crippen molar-refractivity contribution in [2.45, 2.75) is 25.1 Å². The van der Waals surface area contributed by atoms with E-state index in [-0.39, 0.29) is 5.56 Å². The minimum atomic E-state index is -0.470. The van der Waals surface area contributed by atoms with Gasteiger partial charge in [0.2, 0.25) is 0 Å². The molecule has 0 fully saturated rings. The molecule has 0 atom stereocenters. The first-order valence-electron chi connectivity index (χ1n) is 9.29. The van der Waals surface area contributed by atoms with E-state index in [1.54, 1.807) is 46.7 Å². The van der Waals surface area contributed by atoms with Gasteiger partial charge in [-0.2, -0.15) is 11.8 Å². The number of aryl methyl sites for hydroxylation is 1. The highest BCUT2D eigenvalue weighted by molar-refractivity contribution is 7.97. The number of aromatic nitrogens is 2. The van der Waals surface area contributed by atoms with Crippen LogP contribution < -0.4 is 16.4 Å². The summed E-state index contributed by atoms with van der Waals surface area (Å²) in [5, 5.41) is 0.488. The molecule has 0 unspecified atom stereocenters. The number of rotatable bonds is 4. The molecule has 2 amide bonds. The maximum atomic E-state index is 12.5. The molecule has 148 valence electrons. The summed E-state index contributed by atoms with van der Waals surface area (Å²) >= 11 is 1.67. The van der Waals surface area contributed by atoms with Crippen LogP contribution in [0, 0.1) is 0 Å². The summed E-state index contributed by atoms with van der Waals surface area (Å²) < 4.78 is 1.69. The van der Waals surface area contributed by atoms with Crippen LogP contribution >= 0.6 is 11.8 Å². The second-order valence-electron chi connectivity index (χ2n) is 6.86. The third-order valence-corrected chi connectivity index (χ3v) is 5.49. The predicted molar refractivity (Wildman–Crippen MR) is 113 cm³/mol. The van der Waals surface area contributed by atoms with E-state index < -0.39 is 11.8 Å². The molecule has 0 saturated heterocycles. The monoisotopic (exact) mass is 408 g/mol. The third-order valence-electron chi connectivity index (χ3n) is 4.87. The lowest BCUT2D eigenvalue weighted by Crippen LogP contribution is -2.41.